The van der Waals surface area contributed by atoms with E-state index in [1.54, 1.807) is 85.8 Å². The lowest BCUT2D eigenvalue weighted by Gasteiger charge is -2.16. The zero-order valence-electron chi connectivity index (χ0n) is 28.2. The van der Waals surface area contributed by atoms with E-state index >= 15 is 0 Å². The predicted octanol–water partition coefficient (Wildman–Crippen LogP) is 9.47. The minimum absolute atomic E-state index is 0.0356. The van der Waals surface area contributed by atoms with Crippen LogP contribution in [0.4, 0.5) is 10.7 Å². The number of hydrogen-bond acceptors (Lipinski definition) is 7. The molecule has 260 valence electrons. The molecule has 11 heteroatoms. The van der Waals surface area contributed by atoms with Crippen LogP contribution in [0.5, 0.6) is 0 Å². The second kappa shape index (κ2) is 17.7. The number of hydrogen-bond donors (Lipinski definition) is 3. The molecule has 3 N–H and O–H groups in total. The Bertz CT molecular complexity index is 2040. The van der Waals surface area contributed by atoms with Crippen molar-refractivity contribution in [1.29, 1.82) is 0 Å². The van der Waals surface area contributed by atoms with Crippen molar-refractivity contribution in [3.8, 4) is 11.1 Å². The van der Waals surface area contributed by atoms with Crippen LogP contribution in [-0.2, 0) is 14.3 Å². The average molecular weight is 738 g/mol. The molecule has 5 rings (SSSR count). The fourth-order valence-corrected chi connectivity index (χ4v) is 7.09. The Morgan fingerprint density at radius 3 is 2.29 bits per heavy atom. The van der Waals surface area contributed by atoms with E-state index in [0.29, 0.717) is 44.4 Å². The van der Waals surface area contributed by atoms with Crippen molar-refractivity contribution in [2.45, 2.75) is 37.3 Å². The second-order valence-corrected chi connectivity index (χ2v) is 13.9. The maximum atomic E-state index is 13.6. The van der Waals surface area contributed by atoms with Crippen molar-refractivity contribution in [2.75, 3.05) is 17.2 Å². The highest BCUT2D eigenvalue weighted by Gasteiger charge is 2.26. The Kier molecular flexibility index (Phi) is 12.9. The molecule has 0 fully saturated rings. The molecule has 1 heterocycles. The van der Waals surface area contributed by atoms with Crippen LogP contribution >= 0.6 is 34.7 Å². The van der Waals surface area contributed by atoms with Gasteiger partial charge in [-0.25, -0.2) is 4.79 Å². The van der Waals surface area contributed by atoms with E-state index in [4.69, 9.17) is 16.3 Å². The summed E-state index contributed by atoms with van der Waals surface area (Å²) in [7, 11) is 0. The van der Waals surface area contributed by atoms with E-state index in [1.807, 2.05) is 49.6 Å². The van der Waals surface area contributed by atoms with Gasteiger partial charge in [-0.3, -0.25) is 14.4 Å². The summed E-state index contributed by atoms with van der Waals surface area (Å²) in [5, 5.41) is 10.9. The monoisotopic (exact) mass is 737 g/mol. The van der Waals surface area contributed by atoms with Gasteiger partial charge >= 0.3 is 5.97 Å². The van der Waals surface area contributed by atoms with Gasteiger partial charge in [0.05, 0.1) is 11.9 Å². The Balaban J connectivity index is 1.32. The number of aryl methyl sites for hydroxylation is 1. The van der Waals surface area contributed by atoms with Gasteiger partial charge in [0.15, 0.2) is 0 Å². The molecule has 0 bridgehead atoms. The molecule has 1 atom stereocenters. The third kappa shape index (κ3) is 9.97. The lowest BCUT2D eigenvalue weighted by Crippen LogP contribution is -2.30. The summed E-state index contributed by atoms with van der Waals surface area (Å²) in [6.45, 7) is 5.84. The standard InChI is InChI=1S/C40H36ClN3O5S2/c1-4-34(38(47)44-39-35(40(48)49-5-2)32(24-50-39)27-18-14-25(3)15-19-27)51-31-13-9-12-30(23-31)42-37(46)33(22-26-16-20-29(41)21-17-26)43-36(45)28-10-7-6-8-11-28/h6-24,34H,4-5H2,1-3H3,(H,42,46)(H,43,45)(H,44,47)/b33-22-. The number of benzene rings is 4. The molecule has 0 aliphatic carbocycles. The number of ether oxygens (including phenoxy) is 1. The molecule has 0 saturated heterocycles. The summed E-state index contributed by atoms with van der Waals surface area (Å²) in [4.78, 5) is 54.1. The van der Waals surface area contributed by atoms with Gasteiger partial charge in [0, 0.05) is 32.1 Å². The minimum Gasteiger partial charge on any atom is -0.462 e. The number of halogens is 1. The van der Waals surface area contributed by atoms with Crippen LogP contribution in [0.2, 0.25) is 5.02 Å². The van der Waals surface area contributed by atoms with E-state index in [1.165, 1.54) is 23.1 Å². The van der Waals surface area contributed by atoms with Gasteiger partial charge in [-0.2, -0.15) is 0 Å². The van der Waals surface area contributed by atoms with E-state index in [-0.39, 0.29) is 18.2 Å². The van der Waals surface area contributed by atoms with E-state index < -0.39 is 23.0 Å². The van der Waals surface area contributed by atoms with Gasteiger partial charge in [0.1, 0.15) is 16.3 Å². The lowest BCUT2D eigenvalue weighted by atomic mass is 10.0. The first-order chi connectivity index (χ1) is 24.6. The Morgan fingerprint density at radius 1 is 0.882 bits per heavy atom. The number of carbonyl (C=O) groups excluding carboxylic acids is 4. The molecule has 51 heavy (non-hydrogen) atoms. The first-order valence-corrected chi connectivity index (χ1v) is 18.4. The van der Waals surface area contributed by atoms with Crippen LogP contribution < -0.4 is 16.0 Å². The van der Waals surface area contributed by atoms with Crippen LogP contribution in [0.3, 0.4) is 0 Å². The summed E-state index contributed by atoms with van der Waals surface area (Å²) in [5.41, 5.74) is 4.55. The van der Waals surface area contributed by atoms with Crippen molar-refractivity contribution in [1.82, 2.24) is 5.32 Å². The van der Waals surface area contributed by atoms with Crippen molar-refractivity contribution in [3.05, 3.63) is 141 Å². The number of nitrogens with one attached hydrogen (secondary N) is 3. The largest absolute Gasteiger partial charge is 0.462 e. The molecular formula is C40H36ClN3O5S2. The highest BCUT2D eigenvalue weighted by atomic mass is 35.5. The highest BCUT2D eigenvalue weighted by molar-refractivity contribution is 8.00. The molecule has 3 amide bonds. The summed E-state index contributed by atoms with van der Waals surface area (Å²) in [5.74, 6) is -1.74. The van der Waals surface area contributed by atoms with Crippen molar-refractivity contribution in [2.24, 2.45) is 0 Å². The van der Waals surface area contributed by atoms with Gasteiger partial charge < -0.3 is 20.7 Å². The zero-order chi connectivity index (χ0) is 36.3. The fourth-order valence-electron chi connectivity index (χ4n) is 4.99. The fraction of sp³-hybridized carbons (Fsp3) is 0.150. The normalized spacial score (nSPS) is 11.7. The van der Waals surface area contributed by atoms with Crippen LogP contribution in [0, 0.1) is 6.92 Å². The molecule has 1 aromatic heterocycles. The summed E-state index contributed by atoms with van der Waals surface area (Å²) in [6.07, 6.45) is 2.07. The Labute approximate surface area is 310 Å². The average Bonchev–Trinajstić information content (AvgIpc) is 3.55. The van der Waals surface area contributed by atoms with Gasteiger partial charge in [0.25, 0.3) is 11.8 Å². The lowest BCUT2D eigenvalue weighted by molar-refractivity contribution is -0.116. The molecule has 0 aliphatic rings. The maximum Gasteiger partial charge on any atom is 0.341 e. The number of anilines is 2. The maximum absolute atomic E-state index is 13.6. The van der Waals surface area contributed by atoms with Gasteiger partial charge in [0.2, 0.25) is 5.91 Å². The number of esters is 1. The van der Waals surface area contributed by atoms with E-state index in [0.717, 1.165) is 16.0 Å². The number of thioether (sulfide) groups is 1. The van der Waals surface area contributed by atoms with Crippen LogP contribution in [0.15, 0.2) is 119 Å². The van der Waals surface area contributed by atoms with E-state index in [9.17, 15) is 19.2 Å². The highest BCUT2D eigenvalue weighted by Crippen LogP contribution is 2.37. The second-order valence-electron chi connectivity index (χ2n) is 11.4. The number of thiophene rings is 1. The topological polar surface area (TPSA) is 114 Å². The number of rotatable bonds is 13. The van der Waals surface area contributed by atoms with Gasteiger partial charge in [-0.15, -0.1) is 23.1 Å². The third-order valence-electron chi connectivity index (χ3n) is 7.61. The minimum atomic E-state index is -0.533. The van der Waals surface area contributed by atoms with Crippen molar-refractivity contribution >= 4 is 75.2 Å². The first kappa shape index (κ1) is 37.1. The Morgan fingerprint density at radius 2 is 1.61 bits per heavy atom. The summed E-state index contributed by atoms with van der Waals surface area (Å²) in [6, 6.07) is 30.4. The summed E-state index contributed by atoms with van der Waals surface area (Å²) >= 11 is 8.66. The van der Waals surface area contributed by atoms with Gasteiger partial charge in [-0.1, -0.05) is 84.8 Å². The molecule has 0 spiro atoms. The molecule has 4 aromatic carbocycles. The number of carbonyl (C=O) groups is 4. The molecule has 8 nitrogen and oxygen atoms in total. The van der Waals surface area contributed by atoms with Crippen LogP contribution in [0.25, 0.3) is 17.2 Å². The predicted molar refractivity (Wildman–Crippen MR) is 207 cm³/mol. The zero-order valence-corrected chi connectivity index (χ0v) is 30.6. The van der Waals surface area contributed by atoms with E-state index in [2.05, 4.69) is 16.0 Å². The molecule has 1 unspecified atom stereocenters. The van der Waals surface area contributed by atoms with Crippen molar-refractivity contribution < 1.29 is 23.9 Å². The third-order valence-corrected chi connectivity index (χ3v) is 10.1. The summed E-state index contributed by atoms with van der Waals surface area (Å²) < 4.78 is 5.36. The first-order valence-electron chi connectivity index (χ1n) is 16.2. The molecule has 0 saturated carbocycles. The molecule has 0 radical (unpaired) electrons. The molecule has 5 aromatic rings. The quantitative estimate of drug-likeness (QED) is 0.0631. The smallest absolute Gasteiger partial charge is 0.341 e. The van der Waals surface area contributed by atoms with Crippen LogP contribution in [-0.4, -0.2) is 35.5 Å². The molecule has 0 aliphatic heterocycles. The van der Waals surface area contributed by atoms with Gasteiger partial charge in [-0.05, 0) is 79.9 Å². The van der Waals surface area contributed by atoms with Crippen LogP contribution in [0.1, 0.15) is 52.1 Å². The Hall–Kier alpha value is -5.16. The van der Waals surface area contributed by atoms with Crippen molar-refractivity contribution in [3.63, 3.8) is 0 Å². The number of amides is 3. The molecular weight excluding hydrogens is 702 g/mol. The SMILES string of the molecule is CCOC(=O)c1c(-c2ccc(C)cc2)csc1NC(=O)C(CC)Sc1cccc(NC(=O)/C(=C/c2ccc(Cl)cc2)NC(=O)c2ccccc2)c1.